The van der Waals surface area contributed by atoms with Crippen LogP contribution >= 0.6 is 11.8 Å². The van der Waals surface area contributed by atoms with Crippen molar-refractivity contribution in [2.45, 2.75) is 25.0 Å². The summed E-state index contributed by atoms with van der Waals surface area (Å²) in [7, 11) is 1.85. The summed E-state index contributed by atoms with van der Waals surface area (Å²) in [4.78, 5) is 25.2. The van der Waals surface area contributed by atoms with Crippen molar-refractivity contribution < 1.29 is 9.59 Å². The molecule has 2 amide bonds. The summed E-state index contributed by atoms with van der Waals surface area (Å²) in [5.41, 5.74) is 1.35. The second-order valence-electron chi connectivity index (χ2n) is 8.36. The van der Waals surface area contributed by atoms with Crippen LogP contribution in [0.3, 0.4) is 0 Å². The number of thioether (sulfide) groups is 1. The predicted octanol–water partition coefficient (Wildman–Crippen LogP) is 4.83. The number of anilines is 1. The minimum absolute atomic E-state index is 0.101. The molecule has 0 aliphatic heterocycles. The monoisotopic (exact) mass is 473 g/mol. The van der Waals surface area contributed by atoms with Crippen LogP contribution in [0.5, 0.6) is 0 Å². The van der Waals surface area contributed by atoms with E-state index in [1.807, 2.05) is 86.1 Å². The van der Waals surface area contributed by atoms with E-state index in [0.717, 1.165) is 16.5 Å². The van der Waals surface area contributed by atoms with Gasteiger partial charge in [0.25, 0.3) is 5.91 Å². The molecule has 0 aliphatic carbocycles. The van der Waals surface area contributed by atoms with E-state index in [1.165, 1.54) is 11.8 Å². The number of hydrogen-bond acceptors (Lipinski definition) is 5. The molecule has 0 bridgehead atoms. The number of benzene rings is 3. The predicted molar refractivity (Wildman–Crippen MR) is 136 cm³/mol. The van der Waals surface area contributed by atoms with Crippen LogP contribution in [-0.4, -0.2) is 32.3 Å². The number of carbonyl (C=O) groups excluding carboxylic acids is 2. The molecule has 2 N–H and O–H groups in total. The van der Waals surface area contributed by atoms with Crippen LogP contribution < -0.4 is 10.6 Å². The fourth-order valence-corrected chi connectivity index (χ4v) is 4.38. The number of amides is 2. The highest BCUT2D eigenvalue weighted by atomic mass is 32.2. The Balaban J connectivity index is 1.40. The lowest BCUT2D eigenvalue weighted by molar-refractivity contribution is -0.113. The van der Waals surface area contributed by atoms with Crippen molar-refractivity contribution in [3.05, 3.63) is 84.2 Å². The van der Waals surface area contributed by atoms with Crippen LogP contribution in [0.15, 0.2) is 78.0 Å². The smallest absolute Gasteiger partial charge is 0.251 e. The molecular formula is C26H27N5O2S. The van der Waals surface area contributed by atoms with Gasteiger partial charge in [-0.05, 0) is 41.0 Å². The van der Waals surface area contributed by atoms with Crippen molar-refractivity contribution in [2.24, 2.45) is 13.0 Å². The molecule has 0 aliphatic rings. The van der Waals surface area contributed by atoms with Gasteiger partial charge in [-0.15, -0.1) is 10.2 Å². The Morgan fingerprint density at radius 1 is 0.941 bits per heavy atom. The summed E-state index contributed by atoms with van der Waals surface area (Å²) in [6.07, 6.45) is 0. The Bertz CT molecular complexity index is 1300. The molecule has 0 unspecified atom stereocenters. The molecule has 4 rings (SSSR count). The van der Waals surface area contributed by atoms with Crippen molar-refractivity contribution in [1.29, 1.82) is 0 Å². The number of nitrogens with one attached hydrogen (secondary N) is 2. The number of nitrogens with zero attached hydrogens (tertiary/aromatic N) is 3. The van der Waals surface area contributed by atoms with Gasteiger partial charge in [-0.1, -0.05) is 74.1 Å². The normalized spacial score (nSPS) is 12.0. The van der Waals surface area contributed by atoms with Gasteiger partial charge in [0, 0.05) is 18.3 Å². The Hall–Kier alpha value is -3.65. The molecule has 1 heterocycles. The fraction of sp³-hybridized carbons (Fsp3) is 0.231. The van der Waals surface area contributed by atoms with Gasteiger partial charge in [0.1, 0.15) is 0 Å². The number of carbonyl (C=O) groups is 2. The molecule has 34 heavy (non-hydrogen) atoms. The third-order valence-corrected chi connectivity index (χ3v) is 6.52. The van der Waals surface area contributed by atoms with E-state index in [2.05, 4.69) is 20.8 Å². The van der Waals surface area contributed by atoms with Crippen LogP contribution in [0, 0.1) is 5.92 Å². The summed E-state index contributed by atoms with van der Waals surface area (Å²) < 4.78 is 1.84. The molecule has 0 radical (unpaired) electrons. The standard InChI is InChI=1S/C26H27N5O2S/c1-17(2)23(28-25(33)19-10-5-4-6-11-19)24-29-30-26(31(24)3)34-16-22(32)27-21-14-13-18-9-7-8-12-20(18)15-21/h4-15,17,23H,16H2,1-3H3,(H,27,32)(H,28,33)/t23-/m1/s1. The fourth-order valence-electron chi connectivity index (χ4n) is 3.66. The van der Waals surface area contributed by atoms with Gasteiger partial charge in [-0.3, -0.25) is 9.59 Å². The van der Waals surface area contributed by atoms with Crippen molar-refractivity contribution in [1.82, 2.24) is 20.1 Å². The zero-order valence-corrected chi connectivity index (χ0v) is 20.2. The highest BCUT2D eigenvalue weighted by Crippen LogP contribution is 2.25. The zero-order valence-electron chi connectivity index (χ0n) is 19.4. The highest BCUT2D eigenvalue weighted by Gasteiger charge is 2.25. The van der Waals surface area contributed by atoms with Gasteiger partial charge in [0.2, 0.25) is 5.91 Å². The number of fused-ring (bicyclic) bond motifs is 1. The topological polar surface area (TPSA) is 88.9 Å². The third-order valence-electron chi connectivity index (χ3n) is 5.50. The highest BCUT2D eigenvalue weighted by molar-refractivity contribution is 7.99. The Kier molecular flexibility index (Phi) is 7.27. The third kappa shape index (κ3) is 5.46. The number of aromatic nitrogens is 3. The lowest BCUT2D eigenvalue weighted by Crippen LogP contribution is -2.33. The van der Waals surface area contributed by atoms with Crippen LogP contribution in [0.4, 0.5) is 5.69 Å². The largest absolute Gasteiger partial charge is 0.342 e. The molecule has 0 saturated heterocycles. The maximum atomic E-state index is 12.7. The number of rotatable bonds is 8. The van der Waals surface area contributed by atoms with Crippen molar-refractivity contribution in [2.75, 3.05) is 11.1 Å². The molecule has 0 saturated carbocycles. The molecule has 0 spiro atoms. The van der Waals surface area contributed by atoms with E-state index in [0.29, 0.717) is 16.5 Å². The van der Waals surface area contributed by atoms with Gasteiger partial charge in [0.05, 0.1) is 11.8 Å². The van der Waals surface area contributed by atoms with Gasteiger partial charge < -0.3 is 15.2 Å². The molecule has 3 aromatic carbocycles. The van der Waals surface area contributed by atoms with Crippen molar-refractivity contribution >= 4 is 40.0 Å². The quantitative estimate of drug-likeness (QED) is 0.358. The molecule has 1 atom stereocenters. The lowest BCUT2D eigenvalue weighted by Gasteiger charge is -2.21. The summed E-state index contributed by atoms with van der Waals surface area (Å²) in [5, 5.41) is 17.4. The van der Waals surface area contributed by atoms with Crippen LogP contribution in [0.1, 0.15) is 36.1 Å². The van der Waals surface area contributed by atoms with E-state index in [9.17, 15) is 9.59 Å². The second kappa shape index (κ2) is 10.5. The second-order valence-corrected chi connectivity index (χ2v) is 9.30. The Morgan fingerprint density at radius 2 is 1.65 bits per heavy atom. The first-order valence-electron chi connectivity index (χ1n) is 11.1. The van der Waals surface area contributed by atoms with E-state index in [4.69, 9.17) is 0 Å². The zero-order chi connectivity index (χ0) is 24.1. The van der Waals surface area contributed by atoms with Crippen LogP contribution in [-0.2, 0) is 11.8 Å². The first kappa shape index (κ1) is 23.5. The lowest BCUT2D eigenvalue weighted by atomic mass is 10.0. The average molecular weight is 474 g/mol. The molecule has 0 fully saturated rings. The summed E-state index contributed by atoms with van der Waals surface area (Å²) in [6, 6.07) is 22.6. The summed E-state index contributed by atoms with van der Waals surface area (Å²) >= 11 is 1.31. The average Bonchev–Trinajstić information content (AvgIpc) is 3.21. The minimum Gasteiger partial charge on any atom is -0.342 e. The maximum Gasteiger partial charge on any atom is 0.251 e. The van der Waals surface area contributed by atoms with E-state index in [1.54, 1.807) is 12.1 Å². The first-order chi connectivity index (χ1) is 16.4. The summed E-state index contributed by atoms with van der Waals surface area (Å²) in [5.74, 6) is 0.664. The molecule has 7 nitrogen and oxygen atoms in total. The van der Waals surface area contributed by atoms with Gasteiger partial charge in [-0.2, -0.15) is 0 Å². The van der Waals surface area contributed by atoms with E-state index in [-0.39, 0.29) is 29.5 Å². The summed E-state index contributed by atoms with van der Waals surface area (Å²) in [6.45, 7) is 4.04. The van der Waals surface area contributed by atoms with E-state index < -0.39 is 0 Å². The SMILES string of the molecule is CC(C)[C@@H](NC(=O)c1ccccc1)c1nnc(SCC(=O)Nc2ccc3ccccc3c2)n1C. The molecule has 4 aromatic rings. The molecule has 174 valence electrons. The molecule has 8 heteroatoms. The Labute approximate surface area is 203 Å². The van der Waals surface area contributed by atoms with Crippen LogP contribution in [0.2, 0.25) is 0 Å². The number of hydrogen-bond donors (Lipinski definition) is 2. The first-order valence-corrected chi connectivity index (χ1v) is 12.1. The van der Waals surface area contributed by atoms with E-state index >= 15 is 0 Å². The van der Waals surface area contributed by atoms with Crippen molar-refractivity contribution in [3.8, 4) is 0 Å². The maximum absolute atomic E-state index is 12.7. The Morgan fingerprint density at radius 3 is 2.38 bits per heavy atom. The minimum atomic E-state index is -0.314. The molecular weight excluding hydrogens is 446 g/mol. The van der Waals surface area contributed by atoms with Gasteiger partial charge in [0.15, 0.2) is 11.0 Å². The molecule has 1 aromatic heterocycles. The van der Waals surface area contributed by atoms with Gasteiger partial charge >= 0.3 is 0 Å². The van der Waals surface area contributed by atoms with Crippen LogP contribution in [0.25, 0.3) is 10.8 Å². The van der Waals surface area contributed by atoms with Crippen molar-refractivity contribution in [3.63, 3.8) is 0 Å². The van der Waals surface area contributed by atoms with Gasteiger partial charge in [-0.25, -0.2) is 0 Å².